The minimum Gasteiger partial charge on any atom is -0.355 e. The van der Waals surface area contributed by atoms with Gasteiger partial charge in [0, 0.05) is 32.2 Å². The Kier molecular flexibility index (Phi) is 4.97. The summed E-state index contributed by atoms with van der Waals surface area (Å²) in [4.78, 5) is 16.9. The molecule has 18 heavy (non-hydrogen) atoms. The lowest BCUT2D eigenvalue weighted by atomic mass is 9.95. The van der Waals surface area contributed by atoms with Crippen LogP contribution in [0.5, 0.6) is 0 Å². The van der Waals surface area contributed by atoms with Crippen LogP contribution in [0, 0.1) is 5.92 Å². The zero-order valence-corrected chi connectivity index (χ0v) is 11.4. The van der Waals surface area contributed by atoms with Crippen LogP contribution in [0.3, 0.4) is 0 Å². The maximum atomic E-state index is 12.0. The van der Waals surface area contributed by atoms with Crippen LogP contribution in [0.25, 0.3) is 0 Å². The summed E-state index contributed by atoms with van der Waals surface area (Å²) in [7, 11) is 2.18. The molecule has 0 spiro atoms. The standard InChI is InChI=1S/C13H26N4O/c1-16-8-4-12(10-16)17-7-2-3-11(9-17)13(18)15-6-5-14/h11-12H,2-10,14H2,1H3,(H,15,18). The number of likely N-dealkylation sites (tertiary alicyclic amines) is 2. The van der Waals surface area contributed by atoms with Gasteiger partial charge in [-0.2, -0.15) is 0 Å². The third-order valence-electron chi connectivity index (χ3n) is 4.15. The monoisotopic (exact) mass is 254 g/mol. The molecule has 2 aliphatic rings. The lowest BCUT2D eigenvalue weighted by Crippen LogP contribution is -2.48. The highest BCUT2D eigenvalue weighted by Crippen LogP contribution is 2.22. The first-order valence-corrected chi connectivity index (χ1v) is 7.11. The molecule has 2 atom stereocenters. The van der Waals surface area contributed by atoms with E-state index >= 15 is 0 Å². The van der Waals surface area contributed by atoms with E-state index in [0.29, 0.717) is 19.1 Å². The predicted octanol–water partition coefficient (Wildman–Crippen LogP) is -0.523. The van der Waals surface area contributed by atoms with Crippen molar-refractivity contribution in [1.82, 2.24) is 15.1 Å². The SMILES string of the molecule is CN1CCC(N2CCCC(C(=O)NCCN)C2)C1. The first-order valence-electron chi connectivity index (χ1n) is 7.11. The summed E-state index contributed by atoms with van der Waals surface area (Å²) in [6.45, 7) is 5.54. The second kappa shape index (κ2) is 6.50. The van der Waals surface area contributed by atoms with Gasteiger partial charge in [-0.1, -0.05) is 0 Å². The normalized spacial score (nSPS) is 30.6. The van der Waals surface area contributed by atoms with Crippen LogP contribution in [0.1, 0.15) is 19.3 Å². The lowest BCUT2D eigenvalue weighted by Gasteiger charge is -2.36. The molecule has 0 saturated carbocycles. The Bertz CT molecular complexity index is 284. The average Bonchev–Trinajstić information content (AvgIpc) is 2.83. The van der Waals surface area contributed by atoms with E-state index in [4.69, 9.17) is 5.73 Å². The first kappa shape index (κ1) is 13.8. The highest BCUT2D eigenvalue weighted by Gasteiger charge is 2.32. The van der Waals surface area contributed by atoms with Gasteiger partial charge >= 0.3 is 0 Å². The van der Waals surface area contributed by atoms with Crippen LogP contribution in [0.15, 0.2) is 0 Å². The Morgan fingerprint density at radius 3 is 2.83 bits per heavy atom. The molecule has 0 radical (unpaired) electrons. The maximum absolute atomic E-state index is 12.0. The molecule has 0 aromatic heterocycles. The van der Waals surface area contributed by atoms with E-state index in [9.17, 15) is 4.79 Å². The molecule has 5 nitrogen and oxygen atoms in total. The molecule has 3 N–H and O–H groups in total. The third kappa shape index (κ3) is 3.43. The van der Waals surface area contributed by atoms with Gasteiger partial charge < -0.3 is 16.0 Å². The highest BCUT2D eigenvalue weighted by molar-refractivity contribution is 5.78. The smallest absolute Gasteiger partial charge is 0.224 e. The summed E-state index contributed by atoms with van der Waals surface area (Å²) in [5, 5.41) is 2.92. The molecule has 2 rings (SSSR count). The van der Waals surface area contributed by atoms with Crippen molar-refractivity contribution in [1.29, 1.82) is 0 Å². The molecular formula is C13H26N4O. The Balaban J connectivity index is 1.82. The maximum Gasteiger partial charge on any atom is 0.224 e. The summed E-state index contributed by atoms with van der Waals surface area (Å²) in [6, 6.07) is 0.653. The number of likely N-dealkylation sites (N-methyl/N-ethyl adjacent to an activating group) is 1. The van der Waals surface area contributed by atoms with Crippen LogP contribution in [0.4, 0.5) is 0 Å². The summed E-state index contributed by atoms with van der Waals surface area (Å²) >= 11 is 0. The van der Waals surface area contributed by atoms with Crippen LogP contribution in [-0.4, -0.2) is 68.1 Å². The minimum atomic E-state index is 0.163. The van der Waals surface area contributed by atoms with E-state index in [2.05, 4.69) is 22.2 Å². The van der Waals surface area contributed by atoms with Crippen molar-refractivity contribution in [3.8, 4) is 0 Å². The molecule has 104 valence electrons. The van der Waals surface area contributed by atoms with Gasteiger partial charge in [-0.15, -0.1) is 0 Å². The van der Waals surface area contributed by atoms with Crippen molar-refractivity contribution in [2.45, 2.75) is 25.3 Å². The van der Waals surface area contributed by atoms with Crippen LogP contribution in [-0.2, 0) is 4.79 Å². The topological polar surface area (TPSA) is 61.6 Å². The van der Waals surface area contributed by atoms with Crippen molar-refractivity contribution in [2.24, 2.45) is 11.7 Å². The number of piperidine rings is 1. The Hall–Kier alpha value is -0.650. The van der Waals surface area contributed by atoms with E-state index in [1.54, 1.807) is 0 Å². The van der Waals surface area contributed by atoms with Gasteiger partial charge in [-0.25, -0.2) is 0 Å². The molecule has 2 heterocycles. The van der Waals surface area contributed by atoms with E-state index in [0.717, 1.165) is 32.5 Å². The van der Waals surface area contributed by atoms with E-state index in [1.807, 2.05) is 0 Å². The van der Waals surface area contributed by atoms with Gasteiger partial charge in [-0.3, -0.25) is 9.69 Å². The predicted molar refractivity (Wildman–Crippen MR) is 72.3 cm³/mol. The lowest BCUT2D eigenvalue weighted by molar-refractivity contribution is -0.126. The summed E-state index contributed by atoms with van der Waals surface area (Å²) < 4.78 is 0. The molecule has 2 saturated heterocycles. The van der Waals surface area contributed by atoms with Crippen LogP contribution in [0.2, 0.25) is 0 Å². The zero-order chi connectivity index (χ0) is 13.0. The number of carbonyl (C=O) groups is 1. The zero-order valence-electron chi connectivity index (χ0n) is 11.4. The van der Waals surface area contributed by atoms with Gasteiger partial charge in [-0.05, 0) is 39.4 Å². The average molecular weight is 254 g/mol. The molecule has 2 fully saturated rings. The number of hydrogen-bond acceptors (Lipinski definition) is 4. The molecule has 0 aromatic carbocycles. The summed E-state index contributed by atoms with van der Waals surface area (Å²) in [6.07, 6.45) is 3.41. The number of hydrogen-bond donors (Lipinski definition) is 2. The number of nitrogens with two attached hydrogens (primary N) is 1. The van der Waals surface area contributed by atoms with Gasteiger partial charge in [0.2, 0.25) is 5.91 Å². The summed E-state index contributed by atoms with van der Waals surface area (Å²) in [5.41, 5.74) is 5.42. The molecule has 5 heteroatoms. The minimum absolute atomic E-state index is 0.163. The molecule has 0 aromatic rings. The largest absolute Gasteiger partial charge is 0.355 e. The highest BCUT2D eigenvalue weighted by atomic mass is 16.1. The fraction of sp³-hybridized carbons (Fsp3) is 0.923. The van der Waals surface area contributed by atoms with Crippen LogP contribution >= 0.6 is 0 Å². The number of rotatable bonds is 4. The molecule has 2 aliphatic heterocycles. The number of amides is 1. The van der Waals surface area contributed by atoms with Gasteiger partial charge in [0.15, 0.2) is 0 Å². The van der Waals surface area contributed by atoms with Crippen LogP contribution < -0.4 is 11.1 Å². The quantitative estimate of drug-likeness (QED) is 0.708. The fourth-order valence-corrected chi connectivity index (χ4v) is 3.10. The van der Waals surface area contributed by atoms with Crippen molar-refractivity contribution in [3.63, 3.8) is 0 Å². The van der Waals surface area contributed by atoms with E-state index in [-0.39, 0.29) is 11.8 Å². The second-order valence-corrected chi connectivity index (χ2v) is 5.62. The van der Waals surface area contributed by atoms with E-state index in [1.165, 1.54) is 13.0 Å². The van der Waals surface area contributed by atoms with Crippen molar-refractivity contribution in [3.05, 3.63) is 0 Å². The second-order valence-electron chi connectivity index (χ2n) is 5.62. The first-order chi connectivity index (χ1) is 8.70. The fourth-order valence-electron chi connectivity index (χ4n) is 3.10. The van der Waals surface area contributed by atoms with E-state index < -0.39 is 0 Å². The van der Waals surface area contributed by atoms with Gasteiger partial charge in [0.1, 0.15) is 0 Å². The third-order valence-corrected chi connectivity index (χ3v) is 4.15. The Morgan fingerprint density at radius 2 is 2.17 bits per heavy atom. The van der Waals surface area contributed by atoms with Gasteiger partial charge in [0.05, 0.1) is 5.92 Å². The summed E-state index contributed by atoms with van der Waals surface area (Å²) in [5.74, 6) is 0.354. The molecule has 1 amide bonds. The van der Waals surface area contributed by atoms with Crippen molar-refractivity contribution < 1.29 is 4.79 Å². The van der Waals surface area contributed by atoms with Gasteiger partial charge in [0.25, 0.3) is 0 Å². The Morgan fingerprint density at radius 1 is 1.33 bits per heavy atom. The number of carbonyl (C=O) groups excluding carboxylic acids is 1. The number of nitrogens with one attached hydrogen (secondary N) is 1. The molecule has 0 aliphatic carbocycles. The van der Waals surface area contributed by atoms with Crippen molar-refractivity contribution >= 4 is 5.91 Å². The number of nitrogens with zero attached hydrogens (tertiary/aromatic N) is 2. The van der Waals surface area contributed by atoms with Crippen molar-refractivity contribution in [2.75, 3.05) is 46.3 Å². The molecule has 0 bridgehead atoms. The molecular weight excluding hydrogens is 228 g/mol. The molecule has 2 unspecified atom stereocenters. The Labute approximate surface area is 110 Å².